The summed E-state index contributed by atoms with van der Waals surface area (Å²) in [5.74, 6) is 0.465. The smallest absolute Gasteiger partial charge is 0.252 e. The lowest BCUT2D eigenvalue weighted by molar-refractivity contribution is 0.868. The van der Waals surface area contributed by atoms with Crippen LogP contribution in [-0.4, -0.2) is 15.8 Å². The molecule has 9 aromatic rings. The van der Waals surface area contributed by atoms with E-state index < -0.39 is 0 Å². The van der Waals surface area contributed by atoms with E-state index in [1.807, 2.05) is 6.07 Å². The van der Waals surface area contributed by atoms with Crippen LogP contribution in [-0.2, 0) is 12.8 Å². The van der Waals surface area contributed by atoms with Crippen LogP contribution >= 0.6 is 0 Å². The molecule has 236 valence electrons. The van der Waals surface area contributed by atoms with E-state index in [0.29, 0.717) is 5.92 Å². The summed E-state index contributed by atoms with van der Waals surface area (Å²) in [6.07, 6.45) is 1.94. The number of hydrogen-bond acceptors (Lipinski definition) is 0. The lowest BCUT2D eigenvalue weighted by Gasteiger charge is -2.33. The van der Waals surface area contributed by atoms with Crippen molar-refractivity contribution < 1.29 is 0 Å². The standard InChI is InChI=1S/C47H35BN2/c1-5-28-13-7-8-14-33(28)35-23-32-25-44-40(24-31(32)21-29(35)6-2)48-39-16-10-12-18-43(39)49-42-20-19-30(27(3)4)22-36(42)38-26-37-34-15-9-11-17-41(34)50(44)46(37)45(48)47(38)49/h7,9-13,15-27H,5-6H2,1-4H3. The Hall–Kier alpha value is -5.72. The van der Waals surface area contributed by atoms with Crippen molar-refractivity contribution >= 4 is 77.5 Å². The molecule has 11 rings (SSSR count). The lowest BCUT2D eigenvalue weighted by Crippen LogP contribution is -2.59. The zero-order valence-electron chi connectivity index (χ0n) is 28.9. The summed E-state index contributed by atoms with van der Waals surface area (Å²) >= 11 is 0. The van der Waals surface area contributed by atoms with Gasteiger partial charge in [0.05, 0.1) is 22.1 Å². The molecule has 0 saturated carbocycles. The summed E-state index contributed by atoms with van der Waals surface area (Å²) in [6, 6.07) is 48.7. The predicted molar refractivity (Wildman–Crippen MR) is 213 cm³/mol. The third-order valence-corrected chi connectivity index (χ3v) is 11.9. The van der Waals surface area contributed by atoms with Crippen LogP contribution in [0.15, 0.2) is 109 Å². The predicted octanol–water partition coefficient (Wildman–Crippen LogP) is 9.69. The second-order valence-corrected chi connectivity index (χ2v) is 14.7. The average molecular weight is 639 g/mol. The van der Waals surface area contributed by atoms with Gasteiger partial charge in [-0.3, -0.25) is 0 Å². The van der Waals surface area contributed by atoms with Gasteiger partial charge in [-0.15, -0.1) is 0 Å². The maximum Gasteiger partial charge on any atom is 0.252 e. The van der Waals surface area contributed by atoms with Gasteiger partial charge in [-0.05, 0) is 123 Å². The van der Waals surface area contributed by atoms with E-state index in [2.05, 4.69) is 152 Å². The fraction of sp³-hybridized carbons (Fsp3) is 0.149. The number of para-hydroxylation sites is 2. The molecule has 2 nitrogen and oxygen atoms in total. The first-order chi connectivity index (χ1) is 24.6. The Bertz CT molecular complexity index is 2940. The van der Waals surface area contributed by atoms with Crippen LogP contribution in [0, 0.1) is 12.1 Å². The molecule has 7 aromatic carbocycles. The van der Waals surface area contributed by atoms with Crippen molar-refractivity contribution in [1.82, 2.24) is 9.13 Å². The molecule has 0 saturated heterocycles. The van der Waals surface area contributed by atoms with Gasteiger partial charge >= 0.3 is 0 Å². The highest BCUT2D eigenvalue weighted by atomic mass is 15.0. The molecule has 2 aliphatic heterocycles. The van der Waals surface area contributed by atoms with Crippen LogP contribution in [0.2, 0.25) is 0 Å². The molecular formula is C47H35BN2. The first-order valence-electron chi connectivity index (χ1n) is 18.2. The second kappa shape index (κ2) is 9.93. The number of nitrogens with zero attached hydrogens (tertiary/aromatic N) is 2. The number of benzene rings is 6. The molecule has 0 amide bonds. The minimum atomic E-state index is 0.128. The SMILES string of the molecule is CCc1ccc#cc1-c1cc2cc3c(cc2cc1CC)B1c2ccccc2-n2c4ccc(C(C)C)cc4c4cc5c6ccccc6n-3c5c1c42. The Balaban J connectivity index is 1.33. The Labute approximate surface area is 292 Å². The topological polar surface area (TPSA) is 9.86 Å². The maximum atomic E-state index is 3.49. The maximum absolute atomic E-state index is 3.49. The monoisotopic (exact) mass is 638 g/mol. The zero-order valence-corrected chi connectivity index (χ0v) is 28.9. The highest BCUT2D eigenvalue weighted by molar-refractivity contribution is 7.00. The van der Waals surface area contributed by atoms with Crippen LogP contribution in [0.4, 0.5) is 0 Å². The first kappa shape index (κ1) is 28.2. The van der Waals surface area contributed by atoms with Gasteiger partial charge in [0.15, 0.2) is 0 Å². The van der Waals surface area contributed by atoms with Gasteiger partial charge < -0.3 is 9.13 Å². The van der Waals surface area contributed by atoms with Gasteiger partial charge in [0, 0.05) is 38.5 Å². The molecule has 50 heavy (non-hydrogen) atoms. The minimum Gasteiger partial charge on any atom is -0.310 e. The van der Waals surface area contributed by atoms with Crippen molar-refractivity contribution in [3.8, 4) is 22.5 Å². The van der Waals surface area contributed by atoms with E-state index in [1.165, 1.54) is 110 Å². The zero-order chi connectivity index (χ0) is 33.4. The van der Waals surface area contributed by atoms with Crippen molar-refractivity contribution in [2.75, 3.05) is 0 Å². The second-order valence-electron chi connectivity index (χ2n) is 14.7. The van der Waals surface area contributed by atoms with Crippen molar-refractivity contribution in [1.29, 1.82) is 0 Å². The lowest BCUT2D eigenvalue weighted by atomic mass is 9.34. The van der Waals surface area contributed by atoms with E-state index in [-0.39, 0.29) is 6.71 Å². The van der Waals surface area contributed by atoms with Crippen LogP contribution < -0.4 is 16.4 Å². The Kier molecular flexibility index (Phi) is 5.59. The molecule has 0 fully saturated rings. The molecule has 0 unspecified atom stereocenters. The number of rotatable bonds is 4. The molecule has 0 bridgehead atoms. The molecule has 2 aliphatic rings. The molecule has 0 spiro atoms. The van der Waals surface area contributed by atoms with E-state index in [0.717, 1.165) is 12.8 Å². The van der Waals surface area contributed by atoms with E-state index in [1.54, 1.807) is 0 Å². The summed E-state index contributed by atoms with van der Waals surface area (Å²) < 4.78 is 5.16. The fourth-order valence-corrected chi connectivity index (χ4v) is 9.53. The fourth-order valence-electron chi connectivity index (χ4n) is 9.53. The van der Waals surface area contributed by atoms with Crippen LogP contribution in [0.3, 0.4) is 0 Å². The molecule has 4 heterocycles. The third-order valence-electron chi connectivity index (χ3n) is 11.9. The highest BCUT2D eigenvalue weighted by Gasteiger charge is 2.41. The summed E-state index contributed by atoms with van der Waals surface area (Å²) in [6.45, 7) is 9.23. The summed E-state index contributed by atoms with van der Waals surface area (Å²) in [5, 5.41) is 7.94. The van der Waals surface area contributed by atoms with Gasteiger partial charge in [-0.1, -0.05) is 94.4 Å². The number of fused-ring (bicyclic) bond motifs is 13. The average Bonchev–Trinajstić information content (AvgIpc) is 3.67. The van der Waals surface area contributed by atoms with Gasteiger partial charge in [0.25, 0.3) is 6.71 Å². The van der Waals surface area contributed by atoms with Gasteiger partial charge in [0.1, 0.15) is 0 Å². The largest absolute Gasteiger partial charge is 0.310 e. The summed E-state index contributed by atoms with van der Waals surface area (Å²) in [4.78, 5) is 0. The van der Waals surface area contributed by atoms with Crippen LogP contribution in [0.5, 0.6) is 0 Å². The van der Waals surface area contributed by atoms with Gasteiger partial charge in [-0.25, -0.2) is 0 Å². The van der Waals surface area contributed by atoms with E-state index in [9.17, 15) is 0 Å². The van der Waals surface area contributed by atoms with E-state index >= 15 is 0 Å². The number of aryl methyl sites for hydroxylation is 2. The Morgan fingerprint density at radius 3 is 2.20 bits per heavy atom. The molecule has 0 atom stereocenters. The van der Waals surface area contributed by atoms with Gasteiger partial charge in [-0.2, -0.15) is 0 Å². The summed E-state index contributed by atoms with van der Waals surface area (Å²) in [5.41, 5.74) is 18.6. The summed E-state index contributed by atoms with van der Waals surface area (Å²) in [7, 11) is 0. The minimum absolute atomic E-state index is 0.128. The van der Waals surface area contributed by atoms with E-state index in [4.69, 9.17) is 0 Å². The highest BCUT2D eigenvalue weighted by Crippen LogP contribution is 2.43. The molecule has 0 radical (unpaired) electrons. The van der Waals surface area contributed by atoms with Gasteiger partial charge in [0.2, 0.25) is 0 Å². The molecule has 0 N–H and O–H groups in total. The van der Waals surface area contributed by atoms with Crippen molar-refractivity contribution in [2.24, 2.45) is 0 Å². The first-order valence-corrected chi connectivity index (χ1v) is 18.2. The molecule has 2 aromatic heterocycles. The number of hydrogen-bond donors (Lipinski definition) is 0. The van der Waals surface area contributed by atoms with Crippen molar-refractivity contribution in [2.45, 2.75) is 46.5 Å². The van der Waals surface area contributed by atoms with Crippen LogP contribution in [0.25, 0.3) is 76.9 Å². The molecule has 3 heteroatoms. The molecule has 0 aliphatic carbocycles. The molecular weight excluding hydrogens is 603 g/mol. The normalized spacial score (nSPS) is 12.9. The third kappa shape index (κ3) is 3.46. The Morgan fingerprint density at radius 1 is 0.620 bits per heavy atom. The van der Waals surface area contributed by atoms with Crippen LogP contribution in [0.1, 0.15) is 50.3 Å². The van der Waals surface area contributed by atoms with Crippen molar-refractivity contribution in [3.63, 3.8) is 0 Å². The Morgan fingerprint density at radius 2 is 1.36 bits per heavy atom. The number of aromatic nitrogens is 2. The van der Waals surface area contributed by atoms with Crippen molar-refractivity contribution in [3.05, 3.63) is 138 Å². The quantitative estimate of drug-likeness (QED) is 0.170.